The average molecular weight is 330 g/mol. The fourth-order valence-electron chi connectivity index (χ4n) is 1.78. The lowest BCUT2D eigenvalue weighted by Crippen LogP contribution is -2.39. The quantitative estimate of drug-likeness (QED) is 0.606. The molecule has 0 radical (unpaired) electrons. The van der Waals surface area contributed by atoms with Gasteiger partial charge in [0.2, 0.25) is 0 Å². The molecule has 5 heteroatoms. The van der Waals surface area contributed by atoms with Crippen molar-refractivity contribution < 1.29 is 13.0 Å². The Kier molecular flexibility index (Phi) is 8.89. The Morgan fingerprint density at radius 3 is 2.05 bits per heavy atom. The first-order valence-corrected chi connectivity index (χ1v) is 9.25. The van der Waals surface area contributed by atoms with Crippen LogP contribution in [0, 0.1) is 12.8 Å². The lowest BCUT2D eigenvalue weighted by Gasteiger charge is -2.27. The summed E-state index contributed by atoms with van der Waals surface area (Å²) >= 11 is 0. The second-order valence-corrected chi connectivity index (χ2v) is 7.93. The van der Waals surface area contributed by atoms with E-state index in [4.69, 9.17) is 10.3 Å². The summed E-state index contributed by atoms with van der Waals surface area (Å²) in [6, 6.07) is 5.99. The molecule has 0 saturated carbocycles. The Labute approximate surface area is 135 Å². The van der Waals surface area contributed by atoms with Gasteiger partial charge in [-0.3, -0.25) is 4.55 Å². The zero-order valence-corrected chi connectivity index (χ0v) is 15.3. The van der Waals surface area contributed by atoms with E-state index in [1.54, 1.807) is 12.1 Å². The summed E-state index contributed by atoms with van der Waals surface area (Å²) in [5.74, 6) is 0.647. The van der Waals surface area contributed by atoms with Gasteiger partial charge in [0.25, 0.3) is 10.1 Å². The first-order valence-electron chi connectivity index (χ1n) is 7.81. The normalized spacial score (nSPS) is 13.2. The van der Waals surface area contributed by atoms with Crippen LogP contribution in [0.3, 0.4) is 0 Å². The summed E-state index contributed by atoms with van der Waals surface area (Å²) < 4.78 is 29.6. The molecule has 1 aromatic carbocycles. The van der Waals surface area contributed by atoms with E-state index in [0.29, 0.717) is 5.92 Å². The van der Waals surface area contributed by atoms with E-state index >= 15 is 0 Å². The number of rotatable bonds is 6. The van der Waals surface area contributed by atoms with Gasteiger partial charge >= 0.3 is 0 Å². The van der Waals surface area contributed by atoms with Crippen LogP contribution in [-0.2, 0) is 10.1 Å². The molecule has 4 nitrogen and oxygen atoms in total. The molecular weight excluding hydrogens is 298 g/mol. The van der Waals surface area contributed by atoms with E-state index in [1.165, 1.54) is 37.8 Å². The molecule has 0 spiro atoms. The highest BCUT2D eigenvalue weighted by atomic mass is 32.2. The smallest absolute Gasteiger partial charge is 0.294 e. The summed E-state index contributed by atoms with van der Waals surface area (Å²) in [4.78, 5) is -0.0666. The van der Waals surface area contributed by atoms with Crippen molar-refractivity contribution in [1.29, 1.82) is 0 Å². The number of benzene rings is 1. The van der Waals surface area contributed by atoms with Gasteiger partial charge < -0.3 is 5.73 Å². The zero-order valence-electron chi connectivity index (χ0n) is 14.5. The van der Waals surface area contributed by atoms with E-state index in [0.717, 1.165) is 5.56 Å². The van der Waals surface area contributed by atoms with Crippen molar-refractivity contribution in [1.82, 2.24) is 0 Å². The molecule has 1 unspecified atom stereocenters. The van der Waals surface area contributed by atoms with Crippen LogP contribution in [0.1, 0.15) is 58.9 Å². The fraction of sp³-hybridized carbons (Fsp3) is 0.647. The monoisotopic (exact) mass is 329 g/mol. The van der Waals surface area contributed by atoms with Crippen LogP contribution in [0.2, 0.25) is 0 Å². The van der Waals surface area contributed by atoms with Gasteiger partial charge in [-0.25, -0.2) is 0 Å². The Hall–Kier alpha value is -0.910. The van der Waals surface area contributed by atoms with Crippen molar-refractivity contribution in [3.63, 3.8) is 0 Å². The van der Waals surface area contributed by atoms with Crippen LogP contribution in [0.15, 0.2) is 29.2 Å². The van der Waals surface area contributed by atoms with Gasteiger partial charge in [0.1, 0.15) is 0 Å². The Bertz CT molecular complexity index is 516. The minimum absolute atomic E-state index is 0.00768. The number of unbranched alkanes of at least 4 members (excludes halogenated alkanes) is 2. The van der Waals surface area contributed by atoms with Crippen molar-refractivity contribution in [3.05, 3.63) is 29.8 Å². The second kappa shape index (κ2) is 9.28. The molecule has 22 heavy (non-hydrogen) atoms. The first-order chi connectivity index (χ1) is 9.98. The van der Waals surface area contributed by atoms with Gasteiger partial charge in [-0.1, -0.05) is 50.8 Å². The lowest BCUT2D eigenvalue weighted by molar-refractivity contribution is 0.317. The minimum Gasteiger partial charge on any atom is -0.325 e. The summed E-state index contributed by atoms with van der Waals surface area (Å²) in [5.41, 5.74) is 6.92. The second-order valence-electron chi connectivity index (χ2n) is 6.51. The zero-order chi connectivity index (χ0) is 17.4. The largest absolute Gasteiger partial charge is 0.325 e. The van der Waals surface area contributed by atoms with Gasteiger partial charge in [-0.15, -0.1) is 0 Å². The molecular formula is C17H31NO3S. The Balaban J connectivity index is 0.000000401. The van der Waals surface area contributed by atoms with Crippen LogP contribution >= 0.6 is 0 Å². The molecule has 128 valence electrons. The van der Waals surface area contributed by atoms with E-state index in [-0.39, 0.29) is 10.4 Å². The van der Waals surface area contributed by atoms with Crippen LogP contribution < -0.4 is 5.73 Å². The molecule has 0 aromatic heterocycles. The van der Waals surface area contributed by atoms with E-state index in [9.17, 15) is 8.42 Å². The topological polar surface area (TPSA) is 80.4 Å². The third-order valence-electron chi connectivity index (χ3n) is 3.83. The molecule has 0 amide bonds. The molecule has 0 aliphatic heterocycles. The Morgan fingerprint density at radius 1 is 1.18 bits per heavy atom. The maximum atomic E-state index is 10.5. The first kappa shape index (κ1) is 21.1. The maximum Gasteiger partial charge on any atom is 0.294 e. The molecule has 1 aromatic rings. The van der Waals surface area contributed by atoms with E-state index < -0.39 is 10.1 Å². The van der Waals surface area contributed by atoms with Crippen LogP contribution in [0.25, 0.3) is 0 Å². The fourth-order valence-corrected chi connectivity index (χ4v) is 2.26. The molecule has 0 bridgehead atoms. The van der Waals surface area contributed by atoms with Gasteiger partial charge in [0, 0.05) is 5.54 Å². The lowest BCUT2D eigenvalue weighted by atomic mass is 9.86. The minimum atomic E-state index is -4.02. The van der Waals surface area contributed by atoms with Crippen LogP contribution in [-0.4, -0.2) is 18.5 Å². The summed E-state index contributed by atoms with van der Waals surface area (Å²) in [6.45, 7) is 10.6. The van der Waals surface area contributed by atoms with Crippen molar-refractivity contribution in [2.45, 2.75) is 70.7 Å². The molecule has 0 saturated heterocycles. The molecule has 1 atom stereocenters. The number of hydrogen-bond acceptors (Lipinski definition) is 3. The van der Waals surface area contributed by atoms with E-state index in [2.05, 4.69) is 27.7 Å². The van der Waals surface area contributed by atoms with Crippen molar-refractivity contribution in [2.75, 3.05) is 0 Å². The molecule has 0 aliphatic rings. The molecule has 1 rings (SSSR count). The highest BCUT2D eigenvalue weighted by molar-refractivity contribution is 7.85. The number of nitrogens with two attached hydrogens (primary N) is 1. The van der Waals surface area contributed by atoms with Crippen molar-refractivity contribution in [3.8, 4) is 0 Å². The summed E-state index contributed by atoms with van der Waals surface area (Å²) in [6.07, 6.45) is 5.26. The number of hydrogen-bond donors (Lipinski definition) is 2. The van der Waals surface area contributed by atoms with Crippen molar-refractivity contribution in [2.24, 2.45) is 11.7 Å². The molecule has 3 N–H and O–H groups in total. The highest BCUT2D eigenvalue weighted by Crippen LogP contribution is 2.19. The van der Waals surface area contributed by atoms with Crippen molar-refractivity contribution >= 4 is 10.1 Å². The molecule has 0 fully saturated rings. The van der Waals surface area contributed by atoms with E-state index in [1.807, 2.05) is 6.92 Å². The number of aryl methyl sites for hydroxylation is 1. The van der Waals surface area contributed by atoms with Crippen LogP contribution in [0.5, 0.6) is 0 Å². The maximum absolute atomic E-state index is 10.5. The molecule has 0 aliphatic carbocycles. The summed E-state index contributed by atoms with van der Waals surface area (Å²) in [7, 11) is -4.02. The highest BCUT2D eigenvalue weighted by Gasteiger charge is 2.19. The SMILES string of the molecule is CCCCCC(C)C(C)(C)N.Cc1ccc(S(=O)(=O)O)cc1. The van der Waals surface area contributed by atoms with Gasteiger partial charge in [0.15, 0.2) is 0 Å². The average Bonchev–Trinajstić information content (AvgIpc) is 2.38. The summed E-state index contributed by atoms with van der Waals surface area (Å²) in [5, 5.41) is 0. The standard InChI is InChI=1S/C10H23N.C7H8O3S/c1-5-6-7-8-9(2)10(3,4)11;1-6-2-4-7(5-3-6)11(8,9)10/h9H,5-8,11H2,1-4H3;2-5H,1H3,(H,8,9,10). The third-order valence-corrected chi connectivity index (χ3v) is 4.70. The van der Waals surface area contributed by atoms with Crippen LogP contribution in [0.4, 0.5) is 0 Å². The van der Waals surface area contributed by atoms with Gasteiger partial charge in [0.05, 0.1) is 4.90 Å². The Morgan fingerprint density at radius 2 is 1.68 bits per heavy atom. The predicted octanol–water partition coefficient (Wildman–Crippen LogP) is 4.18. The van der Waals surface area contributed by atoms with Gasteiger partial charge in [-0.2, -0.15) is 8.42 Å². The van der Waals surface area contributed by atoms with Gasteiger partial charge in [-0.05, 0) is 45.2 Å². The third kappa shape index (κ3) is 9.18. The molecule has 0 heterocycles. The predicted molar refractivity (Wildman–Crippen MR) is 92.6 cm³/mol.